The quantitative estimate of drug-likeness (QED) is 0.437. The van der Waals surface area contributed by atoms with Gasteiger partial charge in [-0.15, -0.1) is 0 Å². The molecule has 0 bridgehead atoms. The molecule has 0 spiro atoms. The van der Waals surface area contributed by atoms with Crippen LogP contribution in [0.5, 0.6) is 0 Å². The first-order valence-electron chi connectivity index (χ1n) is 10.9. The molecule has 0 unspecified atom stereocenters. The second-order valence-electron chi connectivity index (χ2n) is 8.18. The highest BCUT2D eigenvalue weighted by Crippen LogP contribution is 2.30. The maximum absolute atomic E-state index is 13.6. The van der Waals surface area contributed by atoms with Crippen molar-refractivity contribution in [3.05, 3.63) is 71.7 Å². The number of carbonyl (C=O) groups excluding carboxylic acids is 2. The predicted molar refractivity (Wildman–Crippen MR) is 122 cm³/mol. The van der Waals surface area contributed by atoms with Gasteiger partial charge < -0.3 is 18.7 Å². The summed E-state index contributed by atoms with van der Waals surface area (Å²) in [5.74, 6) is -0.418. The zero-order chi connectivity index (χ0) is 22.9. The Kier molecular flexibility index (Phi) is 5.42. The van der Waals surface area contributed by atoms with Crippen LogP contribution in [0.25, 0.3) is 22.4 Å². The smallest absolute Gasteiger partial charge is 0.354 e. The number of amides is 1. The number of pyridine rings is 1. The Hall–Kier alpha value is -3.94. The molecule has 1 aliphatic rings. The number of hydrogen-bond donors (Lipinski definition) is 0. The molecule has 1 saturated heterocycles. The molecule has 33 heavy (non-hydrogen) atoms. The Bertz CT molecular complexity index is 1320. The molecular weight excluding hydrogens is 420 g/mol. The second kappa shape index (κ2) is 8.54. The number of aryl methyl sites for hydroxylation is 1. The second-order valence-corrected chi connectivity index (χ2v) is 8.18. The third-order valence-corrected chi connectivity index (χ3v) is 6.24. The van der Waals surface area contributed by atoms with E-state index < -0.39 is 0 Å². The number of benzene rings is 1. The minimum atomic E-state index is -0.353. The molecule has 4 aromatic rings. The van der Waals surface area contributed by atoms with Crippen molar-refractivity contribution in [2.24, 2.45) is 0 Å². The van der Waals surface area contributed by atoms with Crippen molar-refractivity contribution >= 4 is 23.0 Å². The van der Waals surface area contributed by atoms with Gasteiger partial charge in [0.25, 0.3) is 11.6 Å². The van der Waals surface area contributed by atoms with Crippen molar-refractivity contribution in [1.29, 1.82) is 0 Å². The summed E-state index contributed by atoms with van der Waals surface area (Å²) in [6.45, 7) is 2.98. The Morgan fingerprint density at radius 3 is 2.58 bits per heavy atom. The summed E-state index contributed by atoms with van der Waals surface area (Å²) in [4.78, 5) is 32.1. The molecule has 0 saturated carbocycles. The SMILES string of the molecule is COC(=O)c1cccn1C1CCN(C(=O)c2cc(-c3ccccc3)nc3onc(C)c23)CC1. The Morgan fingerprint density at radius 2 is 1.85 bits per heavy atom. The molecule has 3 aromatic heterocycles. The van der Waals surface area contributed by atoms with Gasteiger partial charge in [0.15, 0.2) is 0 Å². The number of methoxy groups -OCH3 is 1. The number of aromatic nitrogens is 3. The van der Waals surface area contributed by atoms with E-state index in [2.05, 4.69) is 10.1 Å². The van der Waals surface area contributed by atoms with Crippen molar-refractivity contribution in [2.75, 3.05) is 20.2 Å². The van der Waals surface area contributed by atoms with E-state index in [0.717, 1.165) is 18.4 Å². The molecule has 0 radical (unpaired) electrons. The molecule has 0 aliphatic carbocycles. The largest absolute Gasteiger partial charge is 0.464 e. The molecule has 1 amide bonds. The monoisotopic (exact) mass is 444 g/mol. The van der Waals surface area contributed by atoms with Crippen LogP contribution in [0.1, 0.15) is 45.4 Å². The van der Waals surface area contributed by atoms with E-state index in [9.17, 15) is 9.59 Å². The molecule has 0 atom stereocenters. The summed E-state index contributed by atoms with van der Waals surface area (Å²) in [7, 11) is 1.38. The number of piperidine rings is 1. The van der Waals surface area contributed by atoms with Gasteiger partial charge in [-0.1, -0.05) is 35.5 Å². The van der Waals surface area contributed by atoms with Gasteiger partial charge in [0.1, 0.15) is 5.69 Å². The number of ether oxygens (including phenoxy) is 1. The lowest BCUT2D eigenvalue weighted by atomic mass is 10.0. The molecule has 1 fully saturated rings. The van der Waals surface area contributed by atoms with Crippen LogP contribution in [0.2, 0.25) is 0 Å². The van der Waals surface area contributed by atoms with Crippen LogP contribution >= 0.6 is 0 Å². The van der Waals surface area contributed by atoms with Crippen LogP contribution in [0, 0.1) is 6.92 Å². The molecule has 168 valence electrons. The number of hydrogen-bond acceptors (Lipinski definition) is 6. The molecule has 1 aromatic carbocycles. The van der Waals surface area contributed by atoms with Crippen LogP contribution in [0.4, 0.5) is 0 Å². The molecule has 0 N–H and O–H groups in total. The molecule has 8 nitrogen and oxygen atoms in total. The Labute approximate surface area is 190 Å². The zero-order valence-corrected chi connectivity index (χ0v) is 18.5. The van der Waals surface area contributed by atoms with Gasteiger partial charge in [-0.2, -0.15) is 0 Å². The minimum Gasteiger partial charge on any atom is -0.464 e. The number of rotatable bonds is 4. The number of fused-ring (bicyclic) bond motifs is 1. The summed E-state index contributed by atoms with van der Waals surface area (Å²) in [5, 5.41) is 4.70. The topological polar surface area (TPSA) is 90.5 Å². The van der Waals surface area contributed by atoms with E-state index in [-0.39, 0.29) is 17.9 Å². The summed E-state index contributed by atoms with van der Waals surface area (Å²) in [6, 6.07) is 15.3. The van der Waals surface area contributed by atoms with Crippen LogP contribution in [0.15, 0.2) is 59.3 Å². The van der Waals surface area contributed by atoms with Crippen molar-refractivity contribution in [1.82, 2.24) is 19.6 Å². The zero-order valence-electron chi connectivity index (χ0n) is 18.5. The van der Waals surface area contributed by atoms with Crippen molar-refractivity contribution in [3.63, 3.8) is 0 Å². The van der Waals surface area contributed by atoms with Gasteiger partial charge >= 0.3 is 5.97 Å². The standard InChI is InChI=1S/C25H24N4O4/c1-16-22-19(15-20(26-23(22)33-27-16)17-7-4-3-5-8-17)24(30)28-13-10-18(11-14-28)29-12-6-9-21(29)25(31)32-2/h3-9,12,15,18H,10-11,13-14H2,1-2H3. The van der Waals surface area contributed by atoms with Crippen LogP contribution in [-0.2, 0) is 4.74 Å². The highest BCUT2D eigenvalue weighted by atomic mass is 16.5. The molecule has 1 aliphatic heterocycles. The summed E-state index contributed by atoms with van der Waals surface area (Å²) >= 11 is 0. The number of likely N-dealkylation sites (tertiary alicyclic amines) is 1. The van der Waals surface area contributed by atoms with E-state index in [1.165, 1.54) is 7.11 Å². The average Bonchev–Trinajstić information content (AvgIpc) is 3.50. The fourth-order valence-electron chi connectivity index (χ4n) is 4.53. The van der Waals surface area contributed by atoms with E-state index in [1.807, 2.05) is 65.1 Å². The molecule has 8 heteroatoms. The third-order valence-electron chi connectivity index (χ3n) is 6.24. The lowest BCUT2D eigenvalue weighted by molar-refractivity contribution is 0.0573. The third kappa shape index (κ3) is 3.77. The van der Waals surface area contributed by atoms with Crippen LogP contribution in [-0.4, -0.2) is 51.7 Å². The summed E-state index contributed by atoms with van der Waals surface area (Å²) in [6.07, 6.45) is 3.38. The first kappa shape index (κ1) is 20.9. The van der Waals surface area contributed by atoms with Crippen molar-refractivity contribution < 1.29 is 18.8 Å². The van der Waals surface area contributed by atoms with Gasteiger partial charge in [-0.3, -0.25) is 4.79 Å². The number of carbonyl (C=O) groups is 2. The predicted octanol–water partition coefficient (Wildman–Crippen LogP) is 4.26. The fraction of sp³-hybridized carbons (Fsp3) is 0.280. The van der Waals surface area contributed by atoms with Crippen molar-refractivity contribution in [3.8, 4) is 11.3 Å². The first-order valence-corrected chi connectivity index (χ1v) is 10.9. The van der Waals surface area contributed by atoms with Crippen LogP contribution in [0.3, 0.4) is 0 Å². The number of nitrogens with zero attached hydrogens (tertiary/aromatic N) is 4. The maximum atomic E-state index is 13.6. The van der Waals surface area contributed by atoms with Gasteiger partial charge in [-0.25, -0.2) is 9.78 Å². The average molecular weight is 444 g/mol. The number of esters is 1. The fourth-order valence-corrected chi connectivity index (χ4v) is 4.53. The maximum Gasteiger partial charge on any atom is 0.354 e. The van der Waals surface area contributed by atoms with Crippen LogP contribution < -0.4 is 0 Å². The van der Waals surface area contributed by atoms with E-state index >= 15 is 0 Å². The summed E-state index contributed by atoms with van der Waals surface area (Å²) in [5.41, 5.74) is 3.67. The van der Waals surface area contributed by atoms with Gasteiger partial charge in [0.05, 0.1) is 29.4 Å². The van der Waals surface area contributed by atoms with E-state index in [4.69, 9.17) is 9.26 Å². The Morgan fingerprint density at radius 1 is 1.09 bits per heavy atom. The lowest BCUT2D eigenvalue weighted by Crippen LogP contribution is -2.39. The molecule has 4 heterocycles. The molecule has 5 rings (SSSR count). The van der Waals surface area contributed by atoms with E-state index in [0.29, 0.717) is 46.8 Å². The molecular formula is C25H24N4O4. The minimum absolute atomic E-state index is 0.0648. The van der Waals surface area contributed by atoms with Gasteiger partial charge in [0.2, 0.25) is 0 Å². The lowest BCUT2D eigenvalue weighted by Gasteiger charge is -2.33. The highest BCUT2D eigenvalue weighted by Gasteiger charge is 2.29. The Balaban J connectivity index is 1.42. The van der Waals surface area contributed by atoms with Gasteiger partial charge in [0, 0.05) is 30.9 Å². The first-order chi connectivity index (χ1) is 16.1. The highest BCUT2D eigenvalue weighted by molar-refractivity contribution is 6.07. The van der Waals surface area contributed by atoms with Crippen molar-refractivity contribution in [2.45, 2.75) is 25.8 Å². The summed E-state index contributed by atoms with van der Waals surface area (Å²) < 4.78 is 12.3. The van der Waals surface area contributed by atoms with E-state index in [1.54, 1.807) is 6.07 Å². The van der Waals surface area contributed by atoms with Gasteiger partial charge in [-0.05, 0) is 38.0 Å². The normalized spacial score (nSPS) is 14.5.